The molecule has 4 aromatic rings. The Labute approximate surface area is 292 Å². The van der Waals surface area contributed by atoms with Crippen molar-refractivity contribution in [3.8, 4) is 0 Å². The predicted octanol–water partition coefficient (Wildman–Crippen LogP) is 7.58. The summed E-state index contributed by atoms with van der Waals surface area (Å²) in [6.07, 6.45) is 3.81. The molecule has 0 aliphatic carbocycles. The van der Waals surface area contributed by atoms with Crippen molar-refractivity contribution in [1.82, 2.24) is 0 Å². The Bertz CT molecular complexity index is 1920. The number of sulfonamides is 2. The molecule has 4 rings (SSSR count). The van der Waals surface area contributed by atoms with Gasteiger partial charge in [-0.05, 0) is 90.5 Å². The average molecular weight is 785 g/mol. The largest absolute Gasteiger partial charge is 0.466 e. The lowest BCUT2D eigenvalue weighted by atomic mass is 10.2. The third-order valence-electron chi connectivity index (χ3n) is 5.45. The number of benzene rings is 4. The van der Waals surface area contributed by atoms with Crippen LogP contribution in [0, 0.1) is 0 Å². The Morgan fingerprint density at radius 1 is 0.702 bits per heavy atom. The van der Waals surface area contributed by atoms with Crippen molar-refractivity contribution >= 4 is 88.6 Å². The van der Waals surface area contributed by atoms with E-state index in [1.165, 1.54) is 50.6 Å². The van der Waals surface area contributed by atoms with Crippen molar-refractivity contribution in [3.63, 3.8) is 0 Å². The minimum Gasteiger partial charge on any atom is -0.466 e. The lowest BCUT2D eigenvalue weighted by Gasteiger charge is -2.08. The zero-order valence-electron chi connectivity index (χ0n) is 24.9. The molecule has 0 unspecified atom stereocenters. The first-order valence-electron chi connectivity index (χ1n) is 13.1. The summed E-state index contributed by atoms with van der Waals surface area (Å²) in [7, 11) is -4.73. The summed E-state index contributed by atoms with van der Waals surface area (Å²) >= 11 is 14.7. The maximum absolute atomic E-state index is 12.4. The highest BCUT2D eigenvalue weighted by molar-refractivity contribution is 9.10. The molecule has 4 aromatic carbocycles. The van der Waals surface area contributed by atoms with Gasteiger partial charge < -0.3 is 9.47 Å². The van der Waals surface area contributed by atoms with Crippen LogP contribution >= 0.6 is 39.1 Å². The highest BCUT2D eigenvalue weighted by Gasteiger charge is 2.15. The van der Waals surface area contributed by atoms with Gasteiger partial charge in [0.1, 0.15) is 0 Å². The van der Waals surface area contributed by atoms with Gasteiger partial charge in [0.25, 0.3) is 20.0 Å². The highest BCUT2D eigenvalue weighted by atomic mass is 79.9. The van der Waals surface area contributed by atoms with E-state index in [2.05, 4.69) is 41.4 Å². The monoisotopic (exact) mass is 782 g/mol. The van der Waals surface area contributed by atoms with Crippen LogP contribution in [0.2, 0.25) is 10.0 Å². The number of nitrogens with one attached hydrogen (secondary N) is 2. The number of esters is 2. The molecule has 0 bridgehead atoms. The normalized spacial score (nSPS) is 10.7. The molecule has 0 aliphatic rings. The molecule has 0 amide bonds. The lowest BCUT2D eigenvalue weighted by molar-refractivity contribution is -0.135. The first-order valence-corrected chi connectivity index (χ1v) is 17.6. The second-order valence-corrected chi connectivity index (χ2v) is 14.0. The number of carbonyl (C=O) groups excluding carboxylic acids is 2. The van der Waals surface area contributed by atoms with Gasteiger partial charge in [-0.25, -0.2) is 26.4 Å². The molecule has 0 spiro atoms. The van der Waals surface area contributed by atoms with E-state index in [1.54, 1.807) is 72.8 Å². The Morgan fingerprint density at radius 3 is 1.55 bits per heavy atom. The van der Waals surface area contributed by atoms with E-state index in [0.717, 1.165) is 6.08 Å². The molecule has 0 heterocycles. The van der Waals surface area contributed by atoms with E-state index in [1.807, 2.05) is 0 Å². The van der Waals surface area contributed by atoms with Crippen LogP contribution in [-0.4, -0.2) is 43.0 Å². The van der Waals surface area contributed by atoms with Crippen LogP contribution in [-0.2, 0) is 39.1 Å². The van der Waals surface area contributed by atoms with Gasteiger partial charge in [-0.1, -0.05) is 63.9 Å². The molecule has 15 heteroatoms. The Kier molecular flexibility index (Phi) is 15.7. The molecule has 2 N–H and O–H groups in total. The molecular weight excluding hydrogens is 755 g/mol. The van der Waals surface area contributed by atoms with E-state index < -0.39 is 32.0 Å². The van der Waals surface area contributed by atoms with Gasteiger partial charge in [-0.3, -0.25) is 9.44 Å². The van der Waals surface area contributed by atoms with Gasteiger partial charge in [0, 0.05) is 38.0 Å². The van der Waals surface area contributed by atoms with Crippen LogP contribution in [0.4, 0.5) is 11.4 Å². The van der Waals surface area contributed by atoms with Crippen LogP contribution in [0.15, 0.2) is 130 Å². The zero-order chi connectivity index (χ0) is 35.0. The van der Waals surface area contributed by atoms with Crippen molar-refractivity contribution in [2.24, 2.45) is 0 Å². The van der Waals surface area contributed by atoms with E-state index in [4.69, 9.17) is 23.2 Å². The molecule has 0 saturated carbocycles. The molecule has 0 fully saturated rings. The first kappa shape index (κ1) is 39.0. The lowest BCUT2D eigenvalue weighted by Crippen LogP contribution is -2.12. The molecule has 0 radical (unpaired) electrons. The van der Waals surface area contributed by atoms with Crippen LogP contribution < -0.4 is 9.44 Å². The number of ether oxygens (including phenoxy) is 2. The molecule has 248 valence electrons. The van der Waals surface area contributed by atoms with Crippen LogP contribution in [0.3, 0.4) is 0 Å². The maximum Gasteiger partial charge on any atom is 0.330 e. The zero-order valence-corrected chi connectivity index (χ0v) is 29.6. The summed E-state index contributed by atoms with van der Waals surface area (Å²) in [6, 6.07) is 25.5. The minimum absolute atomic E-state index is 0.0828. The number of rotatable bonds is 9. The number of halogens is 3. The fourth-order valence-electron chi connectivity index (χ4n) is 3.20. The molecular formula is C32H29BrCl2N2O8S2. The fraction of sp³-hybridized carbons (Fsp3) is 0.0625. The maximum atomic E-state index is 12.4. The van der Waals surface area contributed by atoms with E-state index in [-0.39, 0.29) is 9.79 Å². The standard InChI is InChI=1S/C16H14ClNO4S.C12H9BrClNO2S.C4H6O2/c1-22-16(19)10-5-12-3-2-4-15(11-12)23(20,21)18-14-8-6-13(17)7-9-14;13-9-2-1-3-12(8-9)18(16,17)15-11-6-4-10(14)5-7-11;1-3-4(5)6-2/h2-11,18H,1H3;1-8,15H;3H,1H2,2H3/b10-5+;;. The highest BCUT2D eigenvalue weighted by Crippen LogP contribution is 2.21. The van der Waals surface area contributed by atoms with Gasteiger partial charge in [0.2, 0.25) is 0 Å². The van der Waals surface area contributed by atoms with Gasteiger partial charge in [-0.15, -0.1) is 0 Å². The van der Waals surface area contributed by atoms with Gasteiger partial charge in [0.15, 0.2) is 0 Å². The molecule has 0 atom stereocenters. The minimum atomic E-state index is -3.74. The van der Waals surface area contributed by atoms with Crippen LogP contribution in [0.25, 0.3) is 6.08 Å². The SMILES string of the molecule is C=CC(=O)OC.COC(=O)/C=C/c1cccc(S(=O)(=O)Nc2ccc(Cl)cc2)c1.O=S(=O)(Nc1ccc(Cl)cc1)c1cccc(Br)c1. The average Bonchev–Trinajstić information content (AvgIpc) is 3.06. The smallest absolute Gasteiger partial charge is 0.330 e. The quantitative estimate of drug-likeness (QED) is 0.131. The third-order valence-corrected chi connectivity index (χ3v) is 9.20. The number of hydrogen-bond donors (Lipinski definition) is 2. The first-order chi connectivity index (χ1) is 22.2. The van der Waals surface area contributed by atoms with E-state index >= 15 is 0 Å². The van der Waals surface area contributed by atoms with Crippen molar-refractivity contribution in [3.05, 3.63) is 136 Å². The third kappa shape index (κ3) is 14.0. The summed E-state index contributed by atoms with van der Waals surface area (Å²) in [5, 5.41) is 1.07. The molecule has 0 aromatic heterocycles. The Morgan fingerprint density at radius 2 is 1.15 bits per heavy atom. The van der Waals surface area contributed by atoms with Crippen LogP contribution in [0.1, 0.15) is 5.56 Å². The van der Waals surface area contributed by atoms with Crippen LogP contribution in [0.5, 0.6) is 0 Å². The number of hydrogen-bond acceptors (Lipinski definition) is 8. The van der Waals surface area contributed by atoms with Gasteiger partial charge >= 0.3 is 11.9 Å². The predicted molar refractivity (Wildman–Crippen MR) is 188 cm³/mol. The summed E-state index contributed by atoms with van der Waals surface area (Å²) < 4.78 is 63.2. The summed E-state index contributed by atoms with van der Waals surface area (Å²) in [6.45, 7) is 3.16. The fourth-order valence-corrected chi connectivity index (χ4v) is 6.22. The number of carbonyl (C=O) groups is 2. The van der Waals surface area contributed by atoms with Gasteiger partial charge in [-0.2, -0.15) is 0 Å². The number of methoxy groups -OCH3 is 2. The van der Waals surface area contributed by atoms with E-state index in [0.29, 0.717) is 31.5 Å². The van der Waals surface area contributed by atoms with Crippen molar-refractivity contribution in [2.45, 2.75) is 9.79 Å². The van der Waals surface area contributed by atoms with Crippen molar-refractivity contribution < 1.29 is 35.9 Å². The molecule has 47 heavy (non-hydrogen) atoms. The number of anilines is 2. The molecule has 0 saturated heterocycles. The molecule has 10 nitrogen and oxygen atoms in total. The van der Waals surface area contributed by atoms with E-state index in [9.17, 15) is 26.4 Å². The Balaban J connectivity index is 0.000000284. The summed E-state index contributed by atoms with van der Waals surface area (Å²) in [4.78, 5) is 21.2. The van der Waals surface area contributed by atoms with Crippen molar-refractivity contribution in [1.29, 1.82) is 0 Å². The molecule has 0 aliphatic heterocycles. The second-order valence-electron chi connectivity index (χ2n) is 8.84. The van der Waals surface area contributed by atoms with Crippen molar-refractivity contribution in [2.75, 3.05) is 23.7 Å². The summed E-state index contributed by atoms with van der Waals surface area (Å²) in [5.41, 5.74) is 1.44. The van der Waals surface area contributed by atoms with Gasteiger partial charge in [0.05, 0.1) is 24.0 Å². The Hall–Kier alpha value is -4.14. The summed E-state index contributed by atoms with van der Waals surface area (Å²) in [5.74, 6) is -0.910. The second kappa shape index (κ2) is 18.9. The topological polar surface area (TPSA) is 145 Å².